The van der Waals surface area contributed by atoms with E-state index in [-0.39, 0.29) is 4.65 Å². The summed E-state index contributed by atoms with van der Waals surface area (Å²) in [6, 6.07) is 0.411. The van der Waals surface area contributed by atoms with Crippen LogP contribution in [0.15, 0.2) is 0 Å². The van der Waals surface area contributed by atoms with Gasteiger partial charge in [-0.3, -0.25) is 0 Å². The third-order valence-electron chi connectivity index (χ3n) is 4.26. The van der Waals surface area contributed by atoms with Crippen LogP contribution in [0.5, 0.6) is 0 Å². The molecule has 0 aliphatic rings. The predicted octanol–water partition coefficient (Wildman–Crippen LogP) is 5.54. The zero-order chi connectivity index (χ0) is 14.6. The monoisotopic (exact) mass is 272 g/mol. The molecule has 0 saturated heterocycles. The van der Waals surface area contributed by atoms with Gasteiger partial charge in [0.2, 0.25) is 0 Å². The predicted molar refractivity (Wildman–Crippen MR) is 84.4 cm³/mol. The fraction of sp³-hybridized carbons (Fsp3) is 1.00. The molecular formula is C17H38NO+. The molecule has 0 fully saturated rings. The summed E-state index contributed by atoms with van der Waals surface area (Å²) in [6.45, 7) is 4.45. The van der Waals surface area contributed by atoms with E-state index in [1.165, 1.54) is 64.2 Å². The van der Waals surface area contributed by atoms with Crippen LogP contribution in [0.25, 0.3) is 0 Å². The van der Waals surface area contributed by atoms with E-state index in [4.69, 9.17) is 0 Å². The Hall–Kier alpha value is -0.0800. The van der Waals surface area contributed by atoms with E-state index in [1.54, 1.807) is 0 Å². The molecular weight excluding hydrogens is 234 g/mol. The van der Waals surface area contributed by atoms with Crippen LogP contribution in [0.2, 0.25) is 0 Å². The molecule has 0 aromatic carbocycles. The lowest BCUT2D eigenvalue weighted by Gasteiger charge is -2.29. The van der Waals surface area contributed by atoms with Crippen molar-refractivity contribution >= 4 is 0 Å². The van der Waals surface area contributed by atoms with Gasteiger partial charge in [-0.25, -0.2) is 5.21 Å². The fourth-order valence-corrected chi connectivity index (χ4v) is 2.83. The lowest BCUT2D eigenvalue weighted by atomic mass is 10.0. The van der Waals surface area contributed by atoms with Gasteiger partial charge in [-0.1, -0.05) is 71.6 Å². The van der Waals surface area contributed by atoms with Crippen molar-refractivity contribution in [3.63, 3.8) is 0 Å². The highest BCUT2D eigenvalue weighted by Gasteiger charge is 2.23. The average Bonchev–Trinajstić information content (AvgIpc) is 2.34. The van der Waals surface area contributed by atoms with Gasteiger partial charge in [0.1, 0.15) is 6.04 Å². The summed E-state index contributed by atoms with van der Waals surface area (Å²) in [7, 11) is 3.79. The normalized spacial score (nSPS) is 13.7. The van der Waals surface area contributed by atoms with Crippen molar-refractivity contribution in [3.8, 4) is 0 Å². The number of unbranched alkanes of at least 4 members (excludes halogenated alkanes) is 9. The molecule has 0 aromatic rings. The minimum Gasteiger partial charge on any atom is -0.217 e. The number of quaternary nitrogens is 1. The Kier molecular flexibility index (Phi) is 11.7. The molecule has 0 amide bonds. The van der Waals surface area contributed by atoms with Crippen molar-refractivity contribution < 1.29 is 9.85 Å². The number of rotatable bonds is 13. The topological polar surface area (TPSA) is 20.2 Å². The van der Waals surface area contributed by atoms with Crippen molar-refractivity contribution in [2.24, 2.45) is 0 Å². The second kappa shape index (κ2) is 11.7. The van der Waals surface area contributed by atoms with Crippen LogP contribution >= 0.6 is 0 Å². The van der Waals surface area contributed by atoms with Gasteiger partial charge in [0.25, 0.3) is 0 Å². The molecule has 0 heterocycles. The van der Waals surface area contributed by atoms with Crippen molar-refractivity contribution in [1.29, 1.82) is 0 Å². The quantitative estimate of drug-likeness (QED) is 0.265. The molecule has 2 heteroatoms. The summed E-state index contributed by atoms with van der Waals surface area (Å²) in [5.74, 6) is 0. The molecule has 0 saturated carbocycles. The van der Waals surface area contributed by atoms with Crippen LogP contribution in [0, 0.1) is 0 Å². The summed E-state index contributed by atoms with van der Waals surface area (Å²) in [5.41, 5.74) is 0. The Morgan fingerprint density at radius 2 is 1.16 bits per heavy atom. The zero-order valence-electron chi connectivity index (χ0n) is 14.0. The summed E-state index contributed by atoms with van der Waals surface area (Å²) >= 11 is 0. The molecule has 0 aliphatic carbocycles. The molecule has 0 bridgehead atoms. The molecule has 0 aromatic heterocycles. The number of hydrogen-bond acceptors (Lipinski definition) is 1. The molecule has 0 rings (SSSR count). The maximum atomic E-state index is 9.96. The third-order valence-corrected chi connectivity index (χ3v) is 4.26. The largest absolute Gasteiger partial charge is 0.217 e. The average molecular weight is 272 g/mol. The van der Waals surface area contributed by atoms with E-state index < -0.39 is 0 Å². The Bertz CT molecular complexity index is 186. The minimum absolute atomic E-state index is 0.133. The Labute approximate surface area is 121 Å². The van der Waals surface area contributed by atoms with Crippen LogP contribution in [0.1, 0.15) is 90.9 Å². The van der Waals surface area contributed by atoms with Crippen molar-refractivity contribution in [2.75, 3.05) is 14.1 Å². The highest BCUT2D eigenvalue weighted by Crippen LogP contribution is 2.17. The lowest BCUT2D eigenvalue weighted by Crippen LogP contribution is -2.45. The molecule has 19 heavy (non-hydrogen) atoms. The summed E-state index contributed by atoms with van der Waals surface area (Å²) in [6.07, 6.45) is 16.1. The van der Waals surface area contributed by atoms with E-state index in [0.29, 0.717) is 6.04 Å². The van der Waals surface area contributed by atoms with Crippen molar-refractivity contribution in [3.05, 3.63) is 0 Å². The highest BCUT2D eigenvalue weighted by atomic mass is 16.5. The second-order valence-electron chi connectivity index (χ2n) is 6.51. The van der Waals surface area contributed by atoms with Gasteiger partial charge in [-0.15, -0.1) is 0 Å². The lowest BCUT2D eigenvalue weighted by molar-refractivity contribution is -1.09. The van der Waals surface area contributed by atoms with Gasteiger partial charge < -0.3 is 0 Å². The first-order valence-electron chi connectivity index (χ1n) is 8.58. The molecule has 1 atom stereocenters. The van der Waals surface area contributed by atoms with Gasteiger partial charge in [-0.2, -0.15) is 4.65 Å². The van der Waals surface area contributed by atoms with Crippen LogP contribution in [0.3, 0.4) is 0 Å². The first kappa shape index (κ1) is 18.9. The van der Waals surface area contributed by atoms with Crippen molar-refractivity contribution in [2.45, 2.75) is 96.9 Å². The van der Waals surface area contributed by atoms with Crippen LogP contribution < -0.4 is 0 Å². The summed E-state index contributed by atoms with van der Waals surface area (Å²) < 4.78 is 0.133. The molecule has 0 aliphatic heterocycles. The first-order valence-corrected chi connectivity index (χ1v) is 8.58. The van der Waals surface area contributed by atoms with Crippen LogP contribution in [-0.2, 0) is 0 Å². The Balaban J connectivity index is 3.31. The molecule has 1 unspecified atom stereocenters. The van der Waals surface area contributed by atoms with Crippen LogP contribution in [-0.4, -0.2) is 30.0 Å². The van der Waals surface area contributed by atoms with Gasteiger partial charge in [-0.05, 0) is 12.8 Å². The SMILES string of the molecule is CCCCCCCCCCCCC(CC)[N+](C)(C)O. The Morgan fingerprint density at radius 3 is 1.53 bits per heavy atom. The third kappa shape index (κ3) is 11.4. The molecule has 0 radical (unpaired) electrons. The molecule has 116 valence electrons. The Morgan fingerprint density at radius 1 is 0.737 bits per heavy atom. The number of hydrogen-bond donors (Lipinski definition) is 1. The molecule has 1 N–H and O–H groups in total. The first-order chi connectivity index (χ1) is 9.02. The molecule has 0 spiro atoms. The zero-order valence-corrected chi connectivity index (χ0v) is 14.0. The number of nitrogens with zero attached hydrogens (tertiary/aromatic N) is 1. The minimum atomic E-state index is 0.133. The van der Waals surface area contributed by atoms with E-state index in [0.717, 1.165) is 12.8 Å². The van der Waals surface area contributed by atoms with E-state index in [9.17, 15) is 5.21 Å². The van der Waals surface area contributed by atoms with Crippen molar-refractivity contribution in [1.82, 2.24) is 0 Å². The highest BCUT2D eigenvalue weighted by molar-refractivity contribution is 4.55. The van der Waals surface area contributed by atoms with Gasteiger partial charge in [0.05, 0.1) is 14.1 Å². The summed E-state index contributed by atoms with van der Waals surface area (Å²) in [4.78, 5) is 0. The maximum Gasteiger partial charge on any atom is 0.118 e. The van der Waals surface area contributed by atoms with Gasteiger partial charge in [0.15, 0.2) is 0 Å². The second-order valence-corrected chi connectivity index (χ2v) is 6.51. The van der Waals surface area contributed by atoms with Gasteiger partial charge >= 0.3 is 0 Å². The van der Waals surface area contributed by atoms with E-state index in [1.807, 2.05) is 14.1 Å². The van der Waals surface area contributed by atoms with E-state index >= 15 is 0 Å². The number of hydroxylamine groups is 3. The standard InChI is InChI=1S/C17H38NO/c1-5-7-8-9-10-11-12-13-14-15-16-17(6-2)18(3,4)19/h17,19H,5-16H2,1-4H3/q+1. The summed E-state index contributed by atoms with van der Waals surface area (Å²) in [5, 5.41) is 9.96. The van der Waals surface area contributed by atoms with Crippen LogP contribution in [0.4, 0.5) is 0 Å². The van der Waals surface area contributed by atoms with Gasteiger partial charge in [0, 0.05) is 6.42 Å². The van der Waals surface area contributed by atoms with E-state index in [2.05, 4.69) is 13.8 Å². The smallest absolute Gasteiger partial charge is 0.118 e. The maximum absolute atomic E-state index is 9.96. The fourth-order valence-electron chi connectivity index (χ4n) is 2.83. The molecule has 2 nitrogen and oxygen atoms in total.